The van der Waals surface area contributed by atoms with E-state index in [1.54, 1.807) is 0 Å². The first kappa shape index (κ1) is 17.9. The lowest BCUT2D eigenvalue weighted by Gasteiger charge is -2.31. The van der Waals surface area contributed by atoms with Crippen molar-refractivity contribution in [2.45, 2.75) is 63.5 Å². The minimum atomic E-state index is 0.0471. The number of aromatic nitrogens is 2. The number of halogens is 1. The maximum Gasteiger partial charge on any atom is 0.317 e. The molecule has 146 valence electrons. The topological polar surface area (TPSA) is 58.1 Å². The number of hydrogen-bond acceptors (Lipinski definition) is 3. The Bertz CT molecular complexity index is 888. The molecule has 2 heterocycles. The fourth-order valence-electron chi connectivity index (χ4n) is 4.31. The standard InChI is InChI=1S/C22H25ClN4O/c23-16-9-7-14(8-10-16)20-18-13-27(22(28)24-17-3-1-2-4-17)12-11-19(18)25-21(26-20)15-5-6-15/h7-10,15,17H,1-6,11-13H2,(H,24,28). The van der Waals surface area contributed by atoms with E-state index in [9.17, 15) is 4.79 Å². The summed E-state index contributed by atoms with van der Waals surface area (Å²) < 4.78 is 0. The largest absolute Gasteiger partial charge is 0.335 e. The SMILES string of the molecule is O=C(NC1CCCC1)N1CCc2nc(C3CC3)nc(-c3ccc(Cl)cc3)c2C1. The summed E-state index contributed by atoms with van der Waals surface area (Å²) in [5, 5.41) is 3.93. The average molecular weight is 397 g/mol. The van der Waals surface area contributed by atoms with E-state index in [1.165, 1.54) is 25.7 Å². The van der Waals surface area contributed by atoms with Gasteiger partial charge in [0.25, 0.3) is 0 Å². The van der Waals surface area contributed by atoms with Gasteiger partial charge in [-0.25, -0.2) is 14.8 Å². The molecule has 2 fully saturated rings. The number of rotatable bonds is 3. The van der Waals surface area contributed by atoms with E-state index in [1.807, 2.05) is 29.2 Å². The number of urea groups is 1. The Balaban J connectivity index is 1.45. The highest BCUT2D eigenvalue weighted by Crippen LogP contribution is 2.40. The smallest absolute Gasteiger partial charge is 0.317 e. The minimum absolute atomic E-state index is 0.0471. The summed E-state index contributed by atoms with van der Waals surface area (Å²) in [5.41, 5.74) is 4.19. The normalized spacial score (nSPS) is 19.5. The molecule has 1 N–H and O–H groups in total. The van der Waals surface area contributed by atoms with Crippen molar-refractivity contribution in [2.75, 3.05) is 6.54 Å². The van der Waals surface area contributed by atoms with Crippen molar-refractivity contribution < 1.29 is 4.79 Å². The van der Waals surface area contributed by atoms with Crippen molar-refractivity contribution >= 4 is 17.6 Å². The zero-order valence-corrected chi connectivity index (χ0v) is 16.7. The Morgan fingerprint density at radius 1 is 1.07 bits per heavy atom. The molecule has 5 nitrogen and oxygen atoms in total. The first-order valence-corrected chi connectivity index (χ1v) is 10.8. The van der Waals surface area contributed by atoms with Crippen LogP contribution in [-0.4, -0.2) is 33.5 Å². The Hall–Kier alpha value is -2.14. The summed E-state index contributed by atoms with van der Waals surface area (Å²) in [6, 6.07) is 8.20. The van der Waals surface area contributed by atoms with Gasteiger partial charge in [-0.3, -0.25) is 0 Å². The van der Waals surface area contributed by atoms with E-state index >= 15 is 0 Å². The Morgan fingerprint density at radius 2 is 1.82 bits per heavy atom. The van der Waals surface area contributed by atoms with Crippen molar-refractivity contribution in [3.8, 4) is 11.3 Å². The second kappa shape index (κ2) is 7.36. The van der Waals surface area contributed by atoms with Gasteiger partial charge >= 0.3 is 6.03 Å². The minimum Gasteiger partial charge on any atom is -0.335 e. The van der Waals surface area contributed by atoms with Gasteiger partial charge in [0.1, 0.15) is 5.82 Å². The molecule has 0 bridgehead atoms. The fraction of sp³-hybridized carbons (Fsp3) is 0.500. The molecule has 28 heavy (non-hydrogen) atoms. The average Bonchev–Trinajstić information content (AvgIpc) is 3.45. The number of hydrogen-bond donors (Lipinski definition) is 1. The molecule has 0 unspecified atom stereocenters. The van der Waals surface area contributed by atoms with Crippen LogP contribution in [0.15, 0.2) is 24.3 Å². The number of carbonyl (C=O) groups is 1. The quantitative estimate of drug-likeness (QED) is 0.819. The van der Waals surface area contributed by atoms with Crippen LogP contribution in [0.5, 0.6) is 0 Å². The first-order valence-electron chi connectivity index (χ1n) is 10.4. The molecule has 5 rings (SSSR count). The molecular formula is C22H25ClN4O. The first-order chi connectivity index (χ1) is 13.7. The lowest BCUT2D eigenvalue weighted by atomic mass is 9.99. The van der Waals surface area contributed by atoms with E-state index in [-0.39, 0.29) is 6.03 Å². The van der Waals surface area contributed by atoms with Crippen molar-refractivity contribution in [1.82, 2.24) is 20.2 Å². The molecule has 2 aliphatic carbocycles. The number of nitrogens with one attached hydrogen (secondary N) is 1. The van der Waals surface area contributed by atoms with Gasteiger partial charge in [-0.1, -0.05) is 36.6 Å². The van der Waals surface area contributed by atoms with E-state index in [0.717, 1.165) is 47.6 Å². The van der Waals surface area contributed by atoms with Crippen molar-refractivity contribution in [1.29, 1.82) is 0 Å². The van der Waals surface area contributed by atoms with Crippen LogP contribution < -0.4 is 5.32 Å². The molecular weight excluding hydrogens is 372 g/mol. The lowest BCUT2D eigenvalue weighted by Crippen LogP contribution is -2.46. The molecule has 0 spiro atoms. The maximum absolute atomic E-state index is 12.8. The number of benzene rings is 1. The summed E-state index contributed by atoms with van der Waals surface area (Å²) in [4.78, 5) is 24.5. The van der Waals surface area contributed by atoms with E-state index in [0.29, 0.717) is 30.1 Å². The number of amides is 2. The van der Waals surface area contributed by atoms with Crippen LogP contribution >= 0.6 is 11.6 Å². The zero-order valence-electron chi connectivity index (χ0n) is 16.0. The highest BCUT2D eigenvalue weighted by atomic mass is 35.5. The molecule has 2 saturated carbocycles. The molecule has 0 atom stereocenters. The lowest BCUT2D eigenvalue weighted by molar-refractivity contribution is 0.188. The summed E-state index contributed by atoms with van der Waals surface area (Å²) >= 11 is 6.09. The third-order valence-electron chi connectivity index (χ3n) is 6.11. The van der Waals surface area contributed by atoms with Gasteiger partial charge < -0.3 is 10.2 Å². The molecule has 6 heteroatoms. The van der Waals surface area contributed by atoms with Crippen molar-refractivity contribution in [2.24, 2.45) is 0 Å². The van der Waals surface area contributed by atoms with Gasteiger partial charge in [0.15, 0.2) is 0 Å². The molecule has 2 aromatic rings. The Morgan fingerprint density at radius 3 is 2.54 bits per heavy atom. The summed E-state index contributed by atoms with van der Waals surface area (Å²) in [6.07, 6.45) is 7.76. The Labute approximate surface area is 170 Å². The van der Waals surface area contributed by atoms with Crippen LogP contribution in [0.4, 0.5) is 4.79 Å². The maximum atomic E-state index is 12.8. The van der Waals surface area contributed by atoms with E-state index in [2.05, 4.69) is 5.32 Å². The van der Waals surface area contributed by atoms with Gasteiger partial charge in [0, 0.05) is 41.1 Å². The second-order valence-corrected chi connectivity index (χ2v) is 8.68. The molecule has 1 aromatic heterocycles. The van der Waals surface area contributed by atoms with Crippen LogP contribution in [0.1, 0.15) is 61.5 Å². The van der Waals surface area contributed by atoms with Crippen molar-refractivity contribution in [3.63, 3.8) is 0 Å². The fourth-order valence-corrected chi connectivity index (χ4v) is 4.44. The van der Waals surface area contributed by atoms with Crippen LogP contribution in [0.3, 0.4) is 0 Å². The molecule has 1 aliphatic heterocycles. The van der Waals surface area contributed by atoms with Gasteiger partial charge in [0.05, 0.1) is 17.9 Å². The molecule has 0 saturated heterocycles. The summed E-state index contributed by atoms with van der Waals surface area (Å²) in [7, 11) is 0. The van der Waals surface area contributed by atoms with Gasteiger partial charge in [-0.05, 0) is 37.8 Å². The summed E-state index contributed by atoms with van der Waals surface area (Å²) in [6.45, 7) is 1.28. The van der Waals surface area contributed by atoms with Crippen molar-refractivity contribution in [3.05, 3.63) is 46.4 Å². The third-order valence-corrected chi connectivity index (χ3v) is 6.36. The molecule has 1 aromatic carbocycles. The Kier molecular flexibility index (Phi) is 4.71. The van der Waals surface area contributed by atoms with Crippen LogP contribution in [-0.2, 0) is 13.0 Å². The number of fused-ring (bicyclic) bond motifs is 1. The predicted octanol–water partition coefficient (Wildman–Crippen LogP) is 4.68. The van der Waals surface area contributed by atoms with Crippen LogP contribution in [0.25, 0.3) is 11.3 Å². The van der Waals surface area contributed by atoms with Gasteiger partial charge in [-0.2, -0.15) is 0 Å². The number of carbonyl (C=O) groups excluding carboxylic acids is 1. The third kappa shape index (κ3) is 3.60. The molecule has 0 radical (unpaired) electrons. The highest BCUT2D eigenvalue weighted by molar-refractivity contribution is 6.30. The van der Waals surface area contributed by atoms with Crippen LogP contribution in [0.2, 0.25) is 5.02 Å². The summed E-state index contributed by atoms with van der Waals surface area (Å²) in [5.74, 6) is 1.47. The monoisotopic (exact) mass is 396 g/mol. The molecule has 3 aliphatic rings. The zero-order chi connectivity index (χ0) is 19.1. The van der Waals surface area contributed by atoms with Gasteiger partial charge in [0.2, 0.25) is 0 Å². The highest BCUT2D eigenvalue weighted by Gasteiger charge is 2.32. The molecule has 2 amide bonds. The number of nitrogens with zero attached hydrogens (tertiary/aromatic N) is 3. The van der Waals surface area contributed by atoms with Gasteiger partial charge in [-0.15, -0.1) is 0 Å². The van der Waals surface area contributed by atoms with Crippen LogP contribution in [0, 0.1) is 0 Å². The van der Waals surface area contributed by atoms with E-state index < -0.39 is 0 Å². The predicted molar refractivity (Wildman–Crippen MR) is 109 cm³/mol. The van der Waals surface area contributed by atoms with E-state index in [4.69, 9.17) is 21.6 Å². The second-order valence-electron chi connectivity index (χ2n) is 8.24.